The van der Waals surface area contributed by atoms with E-state index in [1.165, 1.54) is 11.5 Å². The Morgan fingerprint density at radius 1 is 1.21 bits per heavy atom. The lowest BCUT2D eigenvalue weighted by molar-refractivity contribution is 1.10. The SMILES string of the molecule is c1nnc(-c2ccc3snnc3c2)[nH]1. The predicted octanol–water partition coefficient (Wildman–Crippen LogP) is 1.48. The Labute approximate surface area is 83.0 Å². The van der Waals surface area contributed by atoms with E-state index >= 15 is 0 Å². The van der Waals surface area contributed by atoms with Crippen molar-refractivity contribution in [3.8, 4) is 11.4 Å². The summed E-state index contributed by atoms with van der Waals surface area (Å²) in [6.07, 6.45) is 1.55. The maximum atomic E-state index is 4.00. The molecule has 0 saturated heterocycles. The predicted molar refractivity (Wildman–Crippen MR) is 52.8 cm³/mol. The van der Waals surface area contributed by atoms with Crippen LogP contribution in [0.2, 0.25) is 0 Å². The van der Waals surface area contributed by atoms with Crippen molar-refractivity contribution < 1.29 is 0 Å². The topological polar surface area (TPSA) is 67.3 Å². The van der Waals surface area contributed by atoms with Crippen molar-refractivity contribution >= 4 is 21.7 Å². The van der Waals surface area contributed by atoms with E-state index in [9.17, 15) is 0 Å². The molecule has 6 heteroatoms. The Hall–Kier alpha value is -1.82. The van der Waals surface area contributed by atoms with Crippen LogP contribution in [-0.4, -0.2) is 24.8 Å². The Morgan fingerprint density at radius 2 is 2.21 bits per heavy atom. The number of rotatable bonds is 1. The highest BCUT2D eigenvalue weighted by molar-refractivity contribution is 7.12. The molecule has 0 bridgehead atoms. The minimum absolute atomic E-state index is 0.750. The summed E-state index contributed by atoms with van der Waals surface area (Å²) in [7, 11) is 0. The van der Waals surface area contributed by atoms with Gasteiger partial charge in [0.2, 0.25) is 0 Å². The number of H-pyrrole nitrogens is 1. The van der Waals surface area contributed by atoms with Crippen molar-refractivity contribution in [1.29, 1.82) is 0 Å². The molecule has 14 heavy (non-hydrogen) atoms. The summed E-state index contributed by atoms with van der Waals surface area (Å²) in [5, 5.41) is 11.7. The van der Waals surface area contributed by atoms with Gasteiger partial charge in [-0.05, 0) is 29.7 Å². The average Bonchev–Trinajstić information content (AvgIpc) is 2.88. The molecule has 0 unspecified atom stereocenters. The highest BCUT2D eigenvalue weighted by atomic mass is 32.1. The molecule has 0 spiro atoms. The molecule has 2 aromatic heterocycles. The van der Waals surface area contributed by atoms with Crippen LogP contribution in [0.25, 0.3) is 21.6 Å². The highest BCUT2D eigenvalue weighted by Gasteiger charge is 2.03. The van der Waals surface area contributed by atoms with Crippen LogP contribution in [0, 0.1) is 0 Å². The van der Waals surface area contributed by atoms with E-state index in [-0.39, 0.29) is 0 Å². The molecule has 0 saturated carbocycles. The molecule has 0 aliphatic carbocycles. The lowest BCUT2D eigenvalue weighted by Gasteiger charge is -1.93. The monoisotopic (exact) mass is 203 g/mol. The molecule has 5 nitrogen and oxygen atoms in total. The number of benzene rings is 1. The zero-order valence-corrected chi connectivity index (χ0v) is 7.82. The van der Waals surface area contributed by atoms with Crippen LogP contribution in [0.4, 0.5) is 0 Å². The van der Waals surface area contributed by atoms with Crippen LogP contribution in [0.3, 0.4) is 0 Å². The van der Waals surface area contributed by atoms with Gasteiger partial charge < -0.3 is 4.98 Å². The number of nitrogens with one attached hydrogen (secondary N) is 1. The Morgan fingerprint density at radius 3 is 3.07 bits per heavy atom. The number of hydrogen-bond donors (Lipinski definition) is 1. The molecule has 1 N–H and O–H groups in total. The van der Waals surface area contributed by atoms with E-state index in [0.717, 1.165) is 21.6 Å². The zero-order chi connectivity index (χ0) is 9.38. The minimum atomic E-state index is 0.750. The number of nitrogens with zero attached hydrogens (tertiary/aromatic N) is 4. The smallest absolute Gasteiger partial charge is 0.161 e. The molecule has 1 aromatic carbocycles. The van der Waals surface area contributed by atoms with E-state index in [1.807, 2.05) is 18.2 Å². The highest BCUT2D eigenvalue weighted by Crippen LogP contribution is 2.21. The van der Waals surface area contributed by atoms with Gasteiger partial charge in [0.1, 0.15) is 11.8 Å². The fraction of sp³-hybridized carbons (Fsp3) is 0. The quantitative estimate of drug-likeness (QED) is 0.650. The van der Waals surface area contributed by atoms with E-state index < -0.39 is 0 Å². The maximum Gasteiger partial charge on any atom is 0.161 e. The summed E-state index contributed by atoms with van der Waals surface area (Å²) in [6.45, 7) is 0. The lowest BCUT2D eigenvalue weighted by atomic mass is 10.2. The van der Waals surface area contributed by atoms with Crippen molar-refractivity contribution in [2.45, 2.75) is 0 Å². The lowest BCUT2D eigenvalue weighted by Crippen LogP contribution is -1.80. The zero-order valence-electron chi connectivity index (χ0n) is 7.01. The molecule has 3 aromatic rings. The molecule has 3 rings (SSSR count). The molecule has 0 atom stereocenters. The molecular formula is C8H5N5S. The third kappa shape index (κ3) is 1.08. The van der Waals surface area contributed by atoms with Gasteiger partial charge >= 0.3 is 0 Å². The summed E-state index contributed by atoms with van der Waals surface area (Å²) in [6, 6.07) is 5.90. The first-order valence-electron chi connectivity index (χ1n) is 4.02. The van der Waals surface area contributed by atoms with Crippen LogP contribution >= 0.6 is 11.5 Å². The van der Waals surface area contributed by atoms with Crippen molar-refractivity contribution in [2.75, 3.05) is 0 Å². The Kier molecular flexibility index (Phi) is 1.54. The first kappa shape index (κ1) is 7.57. The summed E-state index contributed by atoms with van der Waals surface area (Å²) in [5.74, 6) is 0.750. The summed E-state index contributed by atoms with van der Waals surface area (Å²) >= 11 is 1.39. The van der Waals surface area contributed by atoms with Gasteiger partial charge in [-0.25, -0.2) is 0 Å². The number of fused-ring (bicyclic) bond motifs is 1. The number of aromatic amines is 1. The fourth-order valence-corrected chi connectivity index (χ4v) is 1.81. The molecule has 2 heterocycles. The van der Waals surface area contributed by atoms with Gasteiger partial charge in [-0.3, -0.25) is 0 Å². The van der Waals surface area contributed by atoms with Crippen LogP contribution < -0.4 is 0 Å². The van der Waals surface area contributed by atoms with Crippen LogP contribution in [0.5, 0.6) is 0 Å². The fourth-order valence-electron chi connectivity index (χ4n) is 1.27. The Balaban J connectivity index is 2.23. The number of hydrogen-bond acceptors (Lipinski definition) is 5. The molecule has 0 radical (unpaired) electrons. The van der Waals surface area contributed by atoms with Crippen molar-refractivity contribution in [2.24, 2.45) is 0 Å². The molecule has 68 valence electrons. The van der Waals surface area contributed by atoms with Crippen molar-refractivity contribution in [3.05, 3.63) is 24.5 Å². The van der Waals surface area contributed by atoms with E-state index in [2.05, 4.69) is 24.8 Å². The largest absolute Gasteiger partial charge is 0.328 e. The first-order valence-corrected chi connectivity index (χ1v) is 4.79. The molecule has 0 aliphatic rings. The van der Waals surface area contributed by atoms with Gasteiger partial charge in [0.05, 0.1) is 4.70 Å². The summed E-state index contributed by atoms with van der Waals surface area (Å²) < 4.78 is 4.95. The van der Waals surface area contributed by atoms with Gasteiger partial charge in [-0.1, -0.05) is 4.49 Å². The summed E-state index contributed by atoms with van der Waals surface area (Å²) in [4.78, 5) is 2.94. The van der Waals surface area contributed by atoms with Gasteiger partial charge in [-0.15, -0.1) is 15.3 Å². The van der Waals surface area contributed by atoms with Gasteiger partial charge in [0.15, 0.2) is 5.82 Å². The van der Waals surface area contributed by atoms with Crippen molar-refractivity contribution in [1.82, 2.24) is 24.8 Å². The summed E-state index contributed by atoms with van der Waals surface area (Å²) in [5.41, 5.74) is 1.87. The standard InChI is InChI=1S/C8H5N5S/c1-2-7-6(11-13-14-7)3-5(1)8-9-4-10-12-8/h1-4H,(H,9,10,12). The Bertz CT molecular complexity index is 556. The third-order valence-corrected chi connectivity index (χ3v) is 2.64. The van der Waals surface area contributed by atoms with Gasteiger partial charge in [0, 0.05) is 5.56 Å². The second-order valence-corrected chi connectivity index (χ2v) is 3.58. The molecule has 0 aliphatic heterocycles. The molecule has 0 fully saturated rings. The van der Waals surface area contributed by atoms with Crippen molar-refractivity contribution in [3.63, 3.8) is 0 Å². The van der Waals surface area contributed by atoms with E-state index in [1.54, 1.807) is 6.33 Å². The third-order valence-electron chi connectivity index (χ3n) is 1.94. The average molecular weight is 203 g/mol. The minimum Gasteiger partial charge on any atom is -0.328 e. The second kappa shape index (κ2) is 2.85. The first-order chi connectivity index (χ1) is 6.93. The molecular weight excluding hydrogens is 198 g/mol. The van der Waals surface area contributed by atoms with Gasteiger partial charge in [-0.2, -0.15) is 0 Å². The number of aromatic nitrogens is 5. The normalized spacial score (nSPS) is 10.9. The van der Waals surface area contributed by atoms with E-state index in [0.29, 0.717) is 0 Å². The van der Waals surface area contributed by atoms with Crippen LogP contribution in [0.1, 0.15) is 0 Å². The van der Waals surface area contributed by atoms with Gasteiger partial charge in [0.25, 0.3) is 0 Å². The van der Waals surface area contributed by atoms with Crippen LogP contribution in [-0.2, 0) is 0 Å². The van der Waals surface area contributed by atoms with Crippen LogP contribution in [0.15, 0.2) is 24.5 Å². The van der Waals surface area contributed by atoms with E-state index in [4.69, 9.17) is 0 Å². The maximum absolute atomic E-state index is 4.00. The molecule has 0 amide bonds. The second-order valence-electron chi connectivity index (χ2n) is 2.79.